The van der Waals surface area contributed by atoms with Crippen molar-refractivity contribution in [2.45, 2.75) is 19.0 Å². The maximum Gasteiger partial charge on any atom is 0.389 e. The molecule has 0 aliphatic heterocycles. The Morgan fingerprint density at radius 2 is 2.00 bits per heavy atom. The number of para-hydroxylation sites is 1. The number of nitrogen functional groups attached to an aromatic ring is 1. The van der Waals surface area contributed by atoms with Crippen LogP contribution in [0.3, 0.4) is 0 Å². The van der Waals surface area contributed by atoms with Crippen LogP contribution in [0.5, 0.6) is 5.88 Å². The molecule has 0 bridgehead atoms. The summed E-state index contributed by atoms with van der Waals surface area (Å²) >= 11 is 0. The highest BCUT2D eigenvalue weighted by atomic mass is 19.4. The molecule has 2 aromatic rings. The van der Waals surface area contributed by atoms with E-state index >= 15 is 0 Å². The minimum Gasteiger partial charge on any atom is -0.477 e. The van der Waals surface area contributed by atoms with E-state index in [9.17, 15) is 13.2 Å². The van der Waals surface area contributed by atoms with Gasteiger partial charge in [0.05, 0.1) is 17.7 Å². The van der Waals surface area contributed by atoms with Crippen LogP contribution in [0.25, 0.3) is 10.9 Å². The fraction of sp³-hybridized carbons (Fsp3) is 0.286. The molecule has 1 aromatic heterocycles. The molecular formula is C14H14F3N3O. The third-order valence-corrected chi connectivity index (χ3v) is 2.82. The summed E-state index contributed by atoms with van der Waals surface area (Å²) < 4.78 is 41.5. The molecule has 0 radical (unpaired) electrons. The number of nitrogens with zero attached hydrogens (tertiary/aromatic N) is 1. The average molecular weight is 297 g/mol. The number of rotatable bonds is 5. The molecule has 3 N–H and O–H groups in total. The van der Waals surface area contributed by atoms with Crippen molar-refractivity contribution in [1.29, 1.82) is 5.41 Å². The number of hydrogen-bond acceptors (Lipinski definition) is 3. The quantitative estimate of drug-likeness (QED) is 0.505. The van der Waals surface area contributed by atoms with Crippen LogP contribution in [0.2, 0.25) is 0 Å². The minimum absolute atomic E-state index is 0.0865. The Hall–Kier alpha value is -2.31. The molecule has 1 heterocycles. The molecule has 0 saturated heterocycles. The van der Waals surface area contributed by atoms with Gasteiger partial charge in [0.1, 0.15) is 5.84 Å². The maximum atomic E-state index is 12.1. The summed E-state index contributed by atoms with van der Waals surface area (Å²) in [4.78, 5) is 4.21. The number of hydrogen-bond donors (Lipinski definition) is 2. The third-order valence-electron chi connectivity index (χ3n) is 2.82. The number of ether oxygens (including phenoxy) is 1. The topological polar surface area (TPSA) is 72.0 Å². The molecule has 7 heteroatoms. The van der Waals surface area contributed by atoms with E-state index in [1.54, 1.807) is 18.2 Å². The normalized spacial score (nSPS) is 11.6. The van der Waals surface area contributed by atoms with Gasteiger partial charge in [-0.25, -0.2) is 4.98 Å². The van der Waals surface area contributed by atoms with E-state index in [0.29, 0.717) is 5.52 Å². The van der Waals surface area contributed by atoms with Gasteiger partial charge in [-0.1, -0.05) is 18.2 Å². The van der Waals surface area contributed by atoms with Gasteiger partial charge in [-0.15, -0.1) is 0 Å². The molecule has 21 heavy (non-hydrogen) atoms. The zero-order valence-corrected chi connectivity index (χ0v) is 11.1. The highest BCUT2D eigenvalue weighted by Crippen LogP contribution is 2.24. The van der Waals surface area contributed by atoms with Gasteiger partial charge in [-0.3, -0.25) is 5.41 Å². The summed E-state index contributed by atoms with van der Waals surface area (Å²) in [7, 11) is 0. The first kappa shape index (κ1) is 15.1. The average Bonchev–Trinajstić information content (AvgIpc) is 2.41. The molecule has 0 saturated carbocycles. The van der Waals surface area contributed by atoms with Crippen molar-refractivity contribution in [2.24, 2.45) is 5.73 Å². The summed E-state index contributed by atoms with van der Waals surface area (Å²) in [6, 6.07) is 8.81. The Labute approximate surface area is 119 Å². The number of nitrogens with one attached hydrogen (secondary N) is 1. The number of nitrogens with two attached hydrogens (primary N) is 1. The van der Waals surface area contributed by atoms with E-state index < -0.39 is 12.6 Å². The lowest BCUT2D eigenvalue weighted by atomic mass is 10.1. The third kappa shape index (κ3) is 4.08. The van der Waals surface area contributed by atoms with Gasteiger partial charge in [0.15, 0.2) is 0 Å². The lowest BCUT2D eigenvalue weighted by Gasteiger charge is -2.11. The first-order valence-corrected chi connectivity index (χ1v) is 6.30. The minimum atomic E-state index is -4.20. The van der Waals surface area contributed by atoms with Crippen LogP contribution >= 0.6 is 0 Å². The van der Waals surface area contributed by atoms with Crippen LogP contribution in [0, 0.1) is 5.41 Å². The molecule has 0 aliphatic carbocycles. The molecule has 0 aliphatic rings. The van der Waals surface area contributed by atoms with Crippen LogP contribution in [0.15, 0.2) is 30.3 Å². The second kappa shape index (κ2) is 5.99. The largest absolute Gasteiger partial charge is 0.477 e. The van der Waals surface area contributed by atoms with E-state index in [2.05, 4.69) is 4.98 Å². The Balaban J connectivity index is 2.17. The predicted molar refractivity (Wildman–Crippen MR) is 73.5 cm³/mol. The zero-order valence-electron chi connectivity index (χ0n) is 11.1. The molecule has 0 unspecified atom stereocenters. The van der Waals surface area contributed by atoms with Gasteiger partial charge in [0.2, 0.25) is 5.88 Å². The fourth-order valence-electron chi connectivity index (χ4n) is 1.84. The van der Waals surface area contributed by atoms with Gasteiger partial charge in [-0.2, -0.15) is 13.2 Å². The van der Waals surface area contributed by atoms with E-state index in [4.69, 9.17) is 15.9 Å². The molecule has 0 spiro atoms. The van der Waals surface area contributed by atoms with Gasteiger partial charge in [0, 0.05) is 11.8 Å². The van der Waals surface area contributed by atoms with Gasteiger partial charge >= 0.3 is 6.18 Å². The zero-order chi connectivity index (χ0) is 15.5. The van der Waals surface area contributed by atoms with E-state index in [1.165, 1.54) is 0 Å². The van der Waals surface area contributed by atoms with Crippen molar-refractivity contribution in [3.05, 3.63) is 35.9 Å². The summed E-state index contributed by atoms with van der Waals surface area (Å²) in [5, 5.41) is 8.29. The fourth-order valence-corrected chi connectivity index (χ4v) is 1.84. The van der Waals surface area contributed by atoms with Crippen molar-refractivity contribution in [3.8, 4) is 5.88 Å². The molecule has 4 nitrogen and oxygen atoms in total. The van der Waals surface area contributed by atoms with Crippen molar-refractivity contribution < 1.29 is 17.9 Å². The number of pyridine rings is 1. The summed E-state index contributed by atoms with van der Waals surface area (Å²) in [5.74, 6) is -0.151. The number of alkyl halides is 3. The standard InChI is InChI=1S/C14H14F3N3O/c15-14(16,17)6-3-7-21-13-10(12(18)19)8-9-4-1-2-5-11(9)20-13/h1-2,4-5,8H,3,6-7H2,(H3,18,19). The van der Waals surface area contributed by atoms with E-state index in [1.807, 2.05) is 12.1 Å². The van der Waals surface area contributed by atoms with Crippen molar-refractivity contribution >= 4 is 16.7 Å². The number of halogens is 3. The van der Waals surface area contributed by atoms with E-state index in [0.717, 1.165) is 5.39 Å². The first-order chi connectivity index (χ1) is 9.87. The van der Waals surface area contributed by atoms with E-state index in [-0.39, 0.29) is 30.3 Å². The molecule has 2 rings (SSSR count). The first-order valence-electron chi connectivity index (χ1n) is 6.30. The Bertz CT molecular complexity index is 655. The van der Waals surface area contributed by atoms with Gasteiger partial charge in [-0.05, 0) is 18.6 Å². The summed E-state index contributed by atoms with van der Waals surface area (Å²) in [5.41, 5.74) is 6.37. The Kier molecular flexibility index (Phi) is 4.30. The Morgan fingerprint density at radius 1 is 1.29 bits per heavy atom. The van der Waals surface area contributed by atoms with Crippen LogP contribution in [-0.2, 0) is 0 Å². The lowest BCUT2D eigenvalue weighted by molar-refractivity contribution is -0.136. The second-order valence-corrected chi connectivity index (χ2v) is 4.51. The highest BCUT2D eigenvalue weighted by molar-refractivity contribution is 6.00. The molecular weight excluding hydrogens is 283 g/mol. The van der Waals surface area contributed by atoms with Crippen LogP contribution < -0.4 is 10.5 Å². The smallest absolute Gasteiger partial charge is 0.389 e. The highest BCUT2D eigenvalue weighted by Gasteiger charge is 2.26. The van der Waals surface area contributed by atoms with Gasteiger partial charge in [0.25, 0.3) is 0 Å². The van der Waals surface area contributed by atoms with Gasteiger partial charge < -0.3 is 10.5 Å². The summed E-state index contributed by atoms with van der Waals surface area (Å²) in [6.45, 7) is -0.134. The lowest BCUT2D eigenvalue weighted by Crippen LogP contribution is -2.15. The molecule has 0 atom stereocenters. The number of amidine groups is 1. The molecule has 0 amide bonds. The second-order valence-electron chi connectivity index (χ2n) is 4.51. The van der Waals surface area contributed by atoms with Crippen molar-refractivity contribution in [2.75, 3.05) is 6.61 Å². The SMILES string of the molecule is N=C(N)c1cc2ccccc2nc1OCCCC(F)(F)F. The number of benzene rings is 1. The number of fused-ring (bicyclic) bond motifs is 1. The van der Waals surface area contributed by atoms with Crippen molar-refractivity contribution in [1.82, 2.24) is 4.98 Å². The van der Waals surface area contributed by atoms with Crippen LogP contribution in [0.4, 0.5) is 13.2 Å². The maximum absolute atomic E-state index is 12.1. The Morgan fingerprint density at radius 3 is 2.67 bits per heavy atom. The predicted octanol–water partition coefficient (Wildman–Crippen LogP) is 3.24. The van der Waals surface area contributed by atoms with Crippen LogP contribution in [0.1, 0.15) is 18.4 Å². The monoisotopic (exact) mass is 297 g/mol. The molecule has 0 fully saturated rings. The van der Waals surface area contributed by atoms with Crippen molar-refractivity contribution in [3.63, 3.8) is 0 Å². The molecule has 112 valence electrons. The molecule has 1 aromatic carbocycles. The summed E-state index contributed by atoms with van der Waals surface area (Å²) in [6.07, 6.45) is -5.30. The number of aromatic nitrogens is 1. The van der Waals surface area contributed by atoms with Crippen LogP contribution in [-0.4, -0.2) is 23.6 Å².